The van der Waals surface area contributed by atoms with Crippen molar-refractivity contribution in [3.05, 3.63) is 28.8 Å². The molecule has 0 amide bonds. The largest absolute Gasteiger partial charge is 0.481 e. The van der Waals surface area contributed by atoms with Crippen molar-refractivity contribution in [2.45, 2.75) is 40.0 Å². The van der Waals surface area contributed by atoms with Crippen molar-refractivity contribution in [3.63, 3.8) is 0 Å². The molecule has 0 heterocycles. The number of carboxylic acids is 1. The number of carboxylic acid groups (broad SMARTS) is 1. The molecule has 1 N–H and O–H groups in total. The lowest BCUT2D eigenvalue weighted by molar-refractivity contribution is -0.137. The first-order valence-electron chi connectivity index (χ1n) is 6.42. The quantitative estimate of drug-likeness (QED) is 0.786. The Balaban J connectivity index is 2.61. The third-order valence-electron chi connectivity index (χ3n) is 3.15. The van der Waals surface area contributed by atoms with Gasteiger partial charge < -0.3 is 10.0 Å². The molecule has 1 aromatic rings. The minimum atomic E-state index is -0.708. The maximum atomic E-state index is 10.4. The molecule has 0 aliphatic heterocycles. The van der Waals surface area contributed by atoms with Gasteiger partial charge in [0.05, 0.1) is 0 Å². The highest BCUT2D eigenvalue weighted by Gasteiger charge is 2.08. The number of aryl methyl sites for hydroxylation is 3. The van der Waals surface area contributed by atoms with Crippen molar-refractivity contribution >= 4 is 11.7 Å². The average Bonchev–Trinajstić information content (AvgIpc) is 2.22. The lowest BCUT2D eigenvalue weighted by Gasteiger charge is -2.24. The van der Waals surface area contributed by atoms with E-state index in [-0.39, 0.29) is 6.42 Å². The van der Waals surface area contributed by atoms with Gasteiger partial charge in [-0.2, -0.15) is 0 Å². The fraction of sp³-hybridized carbons (Fsp3) is 0.533. The summed E-state index contributed by atoms with van der Waals surface area (Å²) in [7, 11) is 2.07. The Kier molecular flexibility index (Phi) is 5.20. The first-order valence-corrected chi connectivity index (χ1v) is 6.42. The molecular formula is C15H23NO2. The third-order valence-corrected chi connectivity index (χ3v) is 3.15. The highest BCUT2D eigenvalue weighted by Crippen LogP contribution is 2.25. The topological polar surface area (TPSA) is 40.5 Å². The van der Waals surface area contributed by atoms with Gasteiger partial charge in [-0.1, -0.05) is 17.7 Å². The van der Waals surface area contributed by atoms with Gasteiger partial charge >= 0.3 is 5.97 Å². The Labute approximate surface area is 109 Å². The number of rotatable bonds is 6. The number of benzene rings is 1. The summed E-state index contributed by atoms with van der Waals surface area (Å²) in [6, 6.07) is 4.38. The molecule has 0 atom stereocenters. The fourth-order valence-corrected chi connectivity index (χ4v) is 2.51. The molecule has 0 aliphatic rings. The van der Waals surface area contributed by atoms with E-state index < -0.39 is 5.97 Å². The lowest BCUT2D eigenvalue weighted by Crippen LogP contribution is -2.20. The number of carbonyl (C=O) groups is 1. The average molecular weight is 249 g/mol. The van der Waals surface area contributed by atoms with Crippen molar-refractivity contribution < 1.29 is 9.90 Å². The van der Waals surface area contributed by atoms with Gasteiger partial charge in [-0.15, -0.1) is 0 Å². The lowest BCUT2D eigenvalue weighted by atomic mass is 10.0. The van der Waals surface area contributed by atoms with Crippen LogP contribution in [0.5, 0.6) is 0 Å². The summed E-state index contributed by atoms with van der Waals surface area (Å²) in [4.78, 5) is 12.7. The van der Waals surface area contributed by atoms with Crippen molar-refractivity contribution in [1.82, 2.24) is 0 Å². The minimum Gasteiger partial charge on any atom is -0.481 e. The maximum Gasteiger partial charge on any atom is 0.303 e. The minimum absolute atomic E-state index is 0.264. The third kappa shape index (κ3) is 4.06. The Morgan fingerprint density at radius 1 is 1.17 bits per heavy atom. The van der Waals surface area contributed by atoms with Gasteiger partial charge in [-0.05, 0) is 44.7 Å². The van der Waals surface area contributed by atoms with Crippen LogP contribution in [-0.4, -0.2) is 24.7 Å². The number of nitrogens with zero attached hydrogens (tertiary/aromatic N) is 1. The van der Waals surface area contributed by atoms with Crippen molar-refractivity contribution in [2.24, 2.45) is 0 Å². The van der Waals surface area contributed by atoms with Crippen molar-refractivity contribution in [2.75, 3.05) is 18.5 Å². The van der Waals surface area contributed by atoms with E-state index in [9.17, 15) is 4.79 Å². The monoisotopic (exact) mass is 249 g/mol. The molecule has 0 aliphatic carbocycles. The van der Waals surface area contributed by atoms with Crippen LogP contribution in [0.4, 0.5) is 5.69 Å². The predicted octanol–water partition coefficient (Wildman–Crippen LogP) is 3.30. The Morgan fingerprint density at radius 3 is 2.22 bits per heavy atom. The fourth-order valence-electron chi connectivity index (χ4n) is 2.51. The van der Waals surface area contributed by atoms with Gasteiger partial charge in [0, 0.05) is 25.7 Å². The normalized spacial score (nSPS) is 10.4. The smallest absolute Gasteiger partial charge is 0.303 e. The van der Waals surface area contributed by atoms with E-state index in [4.69, 9.17) is 5.11 Å². The molecule has 1 aromatic carbocycles. The van der Waals surface area contributed by atoms with Gasteiger partial charge in [-0.3, -0.25) is 4.79 Å². The number of unbranched alkanes of at least 4 members (excludes halogenated alkanes) is 1. The van der Waals surface area contributed by atoms with E-state index in [2.05, 4.69) is 44.9 Å². The molecule has 0 bridgehead atoms. The number of anilines is 1. The molecule has 0 unspecified atom stereocenters. The van der Waals surface area contributed by atoms with E-state index >= 15 is 0 Å². The maximum absolute atomic E-state index is 10.4. The van der Waals surface area contributed by atoms with Crippen LogP contribution in [-0.2, 0) is 4.79 Å². The zero-order valence-corrected chi connectivity index (χ0v) is 11.8. The predicted molar refractivity (Wildman–Crippen MR) is 75.4 cm³/mol. The first kappa shape index (κ1) is 14.6. The van der Waals surface area contributed by atoms with E-state index in [0.717, 1.165) is 19.4 Å². The van der Waals surface area contributed by atoms with Gasteiger partial charge in [0.2, 0.25) is 0 Å². The second-order valence-corrected chi connectivity index (χ2v) is 5.02. The first-order chi connectivity index (χ1) is 8.41. The second-order valence-electron chi connectivity index (χ2n) is 5.02. The standard InChI is InChI=1S/C15H23NO2/c1-11-9-12(2)15(13(3)10-11)16(4)8-6-5-7-14(17)18/h9-10H,5-8H2,1-4H3,(H,17,18). The zero-order valence-electron chi connectivity index (χ0n) is 11.8. The molecule has 0 aromatic heterocycles. The number of hydrogen-bond donors (Lipinski definition) is 1. The molecular weight excluding hydrogens is 226 g/mol. The zero-order chi connectivity index (χ0) is 13.7. The van der Waals surface area contributed by atoms with Crippen LogP contribution in [0.25, 0.3) is 0 Å². The molecule has 0 radical (unpaired) electrons. The van der Waals surface area contributed by atoms with Crippen molar-refractivity contribution in [3.8, 4) is 0 Å². The van der Waals surface area contributed by atoms with Crippen molar-refractivity contribution in [1.29, 1.82) is 0 Å². The molecule has 3 heteroatoms. The molecule has 18 heavy (non-hydrogen) atoms. The van der Waals surface area contributed by atoms with Crippen LogP contribution in [0.2, 0.25) is 0 Å². The van der Waals surface area contributed by atoms with E-state index in [1.807, 2.05) is 0 Å². The Bertz CT molecular complexity index is 403. The van der Waals surface area contributed by atoms with Crippen LogP contribution in [0.15, 0.2) is 12.1 Å². The summed E-state index contributed by atoms with van der Waals surface area (Å²) in [6.07, 6.45) is 1.92. The summed E-state index contributed by atoms with van der Waals surface area (Å²) in [5.74, 6) is -0.708. The SMILES string of the molecule is Cc1cc(C)c(N(C)CCCCC(=O)O)c(C)c1. The highest BCUT2D eigenvalue weighted by atomic mass is 16.4. The molecule has 0 saturated heterocycles. The van der Waals surface area contributed by atoms with Crippen LogP contribution < -0.4 is 4.90 Å². The summed E-state index contributed by atoms with van der Waals surface area (Å²) >= 11 is 0. The number of hydrogen-bond acceptors (Lipinski definition) is 2. The van der Waals surface area contributed by atoms with Gasteiger partial charge in [0.25, 0.3) is 0 Å². The van der Waals surface area contributed by atoms with Gasteiger partial charge in [0.15, 0.2) is 0 Å². The van der Waals surface area contributed by atoms with Crippen LogP contribution in [0.1, 0.15) is 36.0 Å². The van der Waals surface area contributed by atoms with Gasteiger partial charge in [0.1, 0.15) is 0 Å². The Morgan fingerprint density at radius 2 is 1.72 bits per heavy atom. The van der Waals surface area contributed by atoms with Crippen LogP contribution in [0.3, 0.4) is 0 Å². The van der Waals surface area contributed by atoms with E-state index in [0.29, 0.717) is 0 Å². The molecule has 1 rings (SSSR count). The summed E-state index contributed by atoms with van der Waals surface area (Å²) in [5.41, 5.74) is 5.13. The molecule has 0 fully saturated rings. The molecule has 100 valence electrons. The van der Waals surface area contributed by atoms with Crippen LogP contribution >= 0.6 is 0 Å². The summed E-state index contributed by atoms with van der Waals surface area (Å²) < 4.78 is 0. The molecule has 0 spiro atoms. The van der Waals surface area contributed by atoms with Crippen LogP contribution in [0, 0.1) is 20.8 Å². The number of aliphatic carboxylic acids is 1. The summed E-state index contributed by atoms with van der Waals surface area (Å²) in [5, 5.41) is 8.60. The van der Waals surface area contributed by atoms with E-state index in [1.54, 1.807) is 0 Å². The Hall–Kier alpha value is -1.51. The summed E-state index contributed by atoms with van der Waals surface area (Å²) in [6.45, 7) is 7.26. The second kappa shape index (κ2) is 6.43. The van der Waals surface area contributed by atoms with E-state index in [1.165, 1.54) is 22.4 Å². The van der Waals surface area contributed by atoms with Gasteiger partial charge in [-0.25, -0.2) is 0 Å². The molecule has 0 saturated carbocycles. The molecule has 3 nitrogen and oxygen atoms in total. The highest BCUT2D eigenvalue weighted by molar-refractivity contribution is 5.66.